The summed E-state index contributed by atoms with van der Waals surface area (Å²) < 4.78 is 79.0. The summed E-state index contributed by atoms with van der Waals surface area (Å²) >= 11 is 0. The highest BCUT2D eigenvalue weighted by Gasteiger charge is 2.28. The zero-order valence-corrected chi connectivity index (χ0v) is 17.0. The summed E-state index contributed by atoms with van der Waals surface area (Å²) in [7, 11) is 0. The predicted molar refractivity (Wildman–Crippen MR) is 111 cm³/mol. The van der Waals surface area contributed by atoms with E-state index in [4.69, 9.17) is 0 Å². The van der Waals surface area contributed by atoms with Crippen LogP contribution >= 0.6 is 0 Å². The third-order valence-corrected chi connectivity index (χ3v) is 5.91. The molecule has 0 atom stereocenters. The first-order valence-electron chi connectivity index (χ1n) is 10.3. The van der Waals surface area contributed by atoms with Crippen molar-refractivity contribution in [1.29, 1.82) is 0 Å². The number of rotatable bonds is 6. The molecule has 166 valence electrons. The lowest BCUT2D eigenvalue weighted by Gasteiger charge is -2.28. The molecular weight excluding hydrogens is 414 g/mol. The van der Waals surface area contributed by atoms with E-state index in [1.165, 1.54) is 6.42 Å². The van der Waals surface area contributed by atoms with E-state index in [-0.39, 0.29) is 5.56 Å². The maximum Gasteiger partial charge on any atom is 0.412 e. The SMILES string of the molecule is C=CCCC1CCC(c2ccc(-c3cc(F)c(C(F)=CC(F)(F)F)c(F)c3)cc2)CC1. The van der Waals surface area contributed by atoms with E-state index in [9.17, 15) is 26.3 Å². The molecule has 1 aliphatic carbocycles. The van der Waals surface area contributed by atoms with E-state index < -0.39 is 35.3 Å². The molecular formula is C25H24F6. The minimum Gasteiger partial charge on any atom is -0.206 e. The summed E-state index contributed by atoms with van der Waals surface area (Å²) in [4.78, 5) is 0. The number of allylic oxidation sites excluding steroid dienone is 2. The van der Waals surface area contributed by atoms with Gasteiger partial charge in [0, 0.05) is 0 Å². The van der Waals surface area contributed by atoms with Crippen molar-refractivity contribution in [3.8, 4) is 11.1 Å². The van der Waals surface area contributed by atoms with Gasteiger partial charge in [-0.3, -0.25) is 0 Å². The average molecular weight is 438 g/mol. The molecule has 2 aromatic carbocycles. The Morgan fingerprint density at radius 1 is 0.935 bits per heavy atom. The predicted octanol–water partition coefficient (Wildman–Crippen LogP) is 8.74. The quantitative estimate of drug-likeness (QED) is 0.312. The van der Waals surface area contributed by atoms with Crippen LogP contribution < -0.4 is 0 Å². The summed E-state index contributed by atoms with van der Waals surface area (Å²) in [6.45, 7) is 3.77. The highest BCUT2D eigenvalue weighted by atomic mass is 19.4. The van der Waals surface area contributed by atoms with E-state index in [1.54, 1.807) is 12.1 Å². The zero-order chi connectivity index (χ0) is 22.6. The Labute approximate surface area is 178 Å². The van der Waals surface area contributed by atoms with Crippen LogP contribution in [0.4, 0.5) is 26.3 Å². The van der Waals surface area contributed by atoms with E-state index in [1.807, 2.05) is 18.2 Å². The minimum atomic E-state index is -5.01. The third-order valence-electron chi connectivity index (χ3n) is 5.91. The molecule has 1 saturated carbocycles. The lowest BCUT2D eigenvalue weighted by molar-refractivity contribution is -0.0798. The van der Waals surface area contributed by atoms with Crippen LogP contribution in [0.25, 0.3) is 17.0 Å². The molecule has 0 radical (unpaired) electrons. The Hall–Kier alpha value is -2.50. The Balaban J connectivity index is 1.74. The second-order valence-corrected chi connectivity index (χ2v) is 8.05. The van der Waals surface area contributed by atoms with Gasteiger partial charge >= 0.3 is 6.18 Å². The van der Waals surface area contributed by atoms with E-state index in [0.29, 0.717) is 11.5 Å². The van der Waals surface area contributed by atoms with Gasteiger partial charge in [-0.15, -0.1) is 6.58 Å². The molecule has 0 saturated heterocycles. The van der Waals surface area contributed by atoms with Gasteiger partial charge in [0.15, 0.2) is 0 Å². The molecule has 0 bridgehead atoms. The molecule has 0 aromatic heterocycles. The molecule has 6 heteroatoms. The molecule has 3 rings (SSSR count). The topological polar surface area (TPSA) is 0 Å². The second kappa shape index (κ2) is 9.75. The van der Waals surface area contributed by atoms with Gasteiger partial charge < -0.3 is 0 Å². The fraction of sp³-hybridized carbons (Fsp3) is 0.360. The largest absolute Gasteiger partial charge is 0.412 e. The monoisotopic (exact) mass is 438 g/mol. The third kappa shape index (κ3) is 6.02. The number of hydrogen-bond acceptors (Lipinski definition) is 0. The van der Waals surface area contributed by atoms with E-state index >= 15 is 0 Å². The highest BCUT2D eigenvalue weighted by molar-refractivity contribution is 5.69. The first-order chi connectivity index (χ1) is 14.7. The molecule has 0 N–H and O–H groups in total. The van der Waals surface area contributed by atoms with Gasteiger partial charge in [0.2, 0.25) is 0 Å². The molecule has 1 fully saturated rings. The van der Waals surface area contributed by atoms with Crippen LogP contribution in [0.3, 0.4) is 0 Å². The number of benzene rings is 2. The van der Waals surface area contributed by atoms with Gasteiger partial charge in [0.1, 0.15) is 17.5 Å². The molecule has 0 nitrogen and oxygen atoms in total. The second-order valence-electron chi connectivity index (χ2n) is 8.05. The molecule has 0 aliphatic heterocycles. The molecule has 1 aliphatic rings. The van der Waals surface area contributed by atoms with Crippen molar-refractivity contribution in [1.82, 2.24) is 0 Å². The Morgan fingerprint density at radius 3 is 2.03 bits per heavy atom. The van der Waals surface area contributed by atoms with Crippen LogP contribution in [0.15, 0.2) is 55.1 Å². The number of hydrogen-bond donors (Lipinski definition) is 0. The Kier molecular flexibility index (Phi) is 7.29. The van der Waals surface area contributed by atoms with Crippen molar-refractivity contribution < 1.29 is 26.3 Å². The maximum absolute atomic E-state index is 14.2. The van der Waals surface area contributed by atoms with Crippen LogP contribution in [0.2, 0.25) is 0 Å². The van der Waals surface area contributed by atoms with Gasteiger partial charge in [0.25, 0.3) is 0 Å². The summed E-state index contributed by atoms with van der Waals surface area (Å²) in [6, 6.07) is 8.99. The Morgan fingerprint density at radius 2 is 1.52 bits per heavy atom. The van der Waals surface area contributed by atoms with Gasteiger partial charge in [-0.2, -0.15) is 13.2 Å². The van der Waals surface area contributed by atoms with E-state index in [2.05, 4.69) is 6.58 Å². The molecule has 0 unspecified atom stereocenters. The first kappa shape index (κ1) is 23.2. The van der Waals surface area contributed by atoms with Crippen molar-refractivity contribution in [2.75, 3.05) is 0 Å². The standard InChI is InChI=1S/C25H24F6/c1-2-3-4-16-5-7-17(8-6-16)18-9-11-19(12-10-18)20-13-21(26)24(22(27)14-20)23(28)15-25(29,30)31/h2,9-17H,1,3-8H2. The van der Waals surface area contributed by atoms with Crippen molar-refractivity contribution in [2.24, 2.45) is 5.92 Å². The average Bonchev–Trinajstić information content (AvgIpc) is 2.71. The summed E-state index contributed by atoms with van der Waals surface area (Å²) in [5, 5.41) is 0. The van der Waals surface area contributed by atoms with Crippen molar-refractivity contribution >= 4 is 5.83 Å². The molecule has 0 heterocycles. The normalized spacial score (nSPS) is 20.0. The molecule has 0 spiro atoms. The number of alkyl halides is 3. The summed E-state index contributed by atoms with van der Waals surface area (Å²) in [5.74, 6) is -3.59. The number of halogens is 6. The van der Waals surface area contributed by atoms with Gasteiger partial charge in [-0.25, -0.2) is 13.2 Å². The van der Waals surface area contributed by atoms with Crippen LogP contribution in [0.5, 0.6) is 0 Å². The lowest BCUT2D eigenvalue weighted by Crippen LogP contribution is -2.13. The smallest absolute Gasteiger partial charge is 0.206 e. The minimum absolute atomic E-state index is 0.137. The molecule has 31 heavy (non-hydrogen) atoms. The van der Waals surface area contributed by atoms with Gasteiger partial charge in [-0.1, -0.05) is 30.3 Å². The maximum atomic E-state index is 14.2. The fourth-order valence-corrected chi connectivity index (χ4v) is 4.27. The fourth-order valence-electron chi connectivity index (χ4n) is 4.27. The van der Waals surface area contributed by atoms with Gasteiger partial charge in [0.05, 0.1) is 11.6 Å². The van der Waals surface area contributed by atoms with Gasteiger partial charge in [-0.05, 0) is 79.2 Å². The zero-order valence-electron chi connectivity index (χ0n) is 17.0. The Bertz CT molecular complexity index is 908. The van der Waals surface area contributed by atoms with Crippen LogP contribution in [0.1, 0.15) is 55.6 Å². The lowest BCUT2D eigenvalue weighted by atomic mass is 9.77. The van der Waals surface area contributed by atoms with Crippen molar-refractivity contribution in [3.63, 3.8) is 0 Å². The summed E-state index contributed by atoms with van der Waals surface area (Å²) in [6.07, 6.45) is 2.88. The van der Waals surface area contributed by atoms with Crippen molar-refractivity contribution in [2.45, 2.75) is 50.6 Å². The van der Waals surface area contributed by atoms with E-state index in [0.717, 1.165) is 55.7 Å². The molecule has 2 aromatic rings. The van der Waals surface area contributed by atoms with Crippen LogP contribution in [-0.4, -0.2) is 6.18 Å². The summed E-state index contributed by atoms with van der Waals surface area (Å²) in [5.41, 5.74) is 0.486. The highest BCUT2D eigenvalue weighted by Crippen LogP contribution is 2.38. The molecule has 0 amide bonds. The van der Waals surface area contributed by atoms with Crippen LogP contribution in [-0.2, 0) is 0 Å². The van der Waals surface area contributed by atoms with Crippen molar-refractivity contribution in [3.05, 3.63) is 77.9 Å². The first-order valence-corrected chi connectivity index (χ1v) is 10.3. The van der Waals surface area contributed by atoms with Crippen LogP contribution in [0, 0.1) is 17.6 Å².